The minimum Gasteiger partial charge on any atom is -0.494 e. The van der Waals surface area contributed by atoms with Crippen LogP contribution in [-0.4, -0.2) is 48.5 Å². The summed E-state index contributed by atoms with van der Waals surface area (Å²) in [6.07, 6.45) is 1.54. The number of piperazine rings is 1. The van der Waals surface area contributed by atoms with Crippen LogP contribution in [0.3, 0.4) is 0 Å². The van der Waals surface area contributed by atoms with Crippen LogP contribution in [0.4, 0.5) is 0 Å². The van der Waals surface area contributed by atoms with Gasteiger partial charge < -0.3 is 14.1 Å². The Balaban J connectivity index is 1.56. The monoisotopic (exact) mass is 314 g/mol. The second-order valence-electron chi connectivity index (χ2n) is 5.59. The van der Waals surface area contributed by atoms with Crippen LogP contribution in [-0.2, 0) is 6.54 Å². The van der Waals surface area contributed by atoms with E-state index in [-0.39, 0.29) is 5.91 Å². The van der Waals surface area contributed by atoms with E-state index in [0.29, 0.717) is 12.4 Å². The van der Waals surface area contributed by atoms with Crippen LogP contribution >= 0.6 is 0 Å². The first-order valence-corrected chi connectivity index (χ1v) is 8.03. The van der Waals surface area contributed by atoms with Crippen LogP contribution < -0.4 is 4.74 Å². The molecule has 0 N–H and O–H groups in total. The predicted octanol–water partition coefficient (Wildman–Crippen LogP) is 2.64. The van der Waals surface area contributed by atoms with Crippen molar-refractivity contribution in [3.8, 4) is 5.75 Å². The third-order valence-electron chi connectivity index (χ3n) is 4.06. The summed E-state index contributed by atoms with van der Waals surface area (Å²) in [7, 11) is 0. The highest BCUT2D eigenvalue weighted by Crippen LogP contribution is 2.20. The maximum atomic E-state index is 12.3. The molecule has 2 aromatic rings. The maximum absolute atomic E-state index is 12.3. The second-order valence-corrected chi connectivity index (χ2v) is 5.59. The smallest absolute Gasteiger partial charge is 0.289 e. The van der Waals surface area contributed by atoms with Gasteiger partial charge in [-0.1, -0.05) is 18.2 Å². The molecule has 1 fully saturated rings. The van der Waals surface area contributed by atoms with Crippen molar-refractivity contribution in [2.45, 2.75) is 13.5 Å². The molecule has 0 aliphatic carbocycles. The summed E-state index contributed by atoms with van der Waals surface area (Å²) in [5, 5.41) is 0. The number of carbonyl (C=O) groups is 1. The lowest BCUT2D eigenvalue weighted by atomic mass is 10.1. The molecule has 23 heavy (non-hydrogen) atoms. The fourth-order valence-electron chi connectivity index (χ4n) is 2.84. The van der Waals surface area contributed by atoms with Gasteiger partial charge in [-0.2, -0.15) is 0 Å². The van der Waals surface area contributed by atoms with Gasteiger partial charge in [-0.05, 0) is 25.1 Å². The molecule has 1 aliphatic rings. The van der Waals surface area contributed by atoms with E-state index >= 15 is 0 Å². The molecule has 1 aliphatic heterocycles. The Morgan fingerprint density at radius 3 is 2.61 bits per heavy atom. The van der Waals surface area contributed by atoms with Crippen molar-refractivity contribution in [2.24, 2.45) is 0 Å². The molecule has 1 aromatic carbocycles. The minimum absolute atomic E-state index is 0.0237. The van der Waals surface area contributed by atoms with Crippen molar-refractivity contribution in [1.29, 1.82) is 0 Å². The van der Waals surface area contributed by atoms with Crippen LogP contribution in [0.25, 0.3) is 0 Å². The average Bonchev–Trinajstić information content (AvgIpc) is 3.11. The molecule has 0 unspecified atom stereocenters. The first-order valence-electron chi connectivity index (χ1n) is 8.03. The van der Waals surface area contributed by atoms with E-state index in [9.17, 15) is 4.79 Å². The lowest BCUT2D eigenvalue weighted by Crippen LogP contribution is -2.48. The lowest BCUT2D eigenvalue weighted by molar-refractivity contribution is 0.0596. The Kier molecular flexibility index (Phi) is 4.98. The number of para-hydroxylation sites is 1. The molecule has 0 atom stereocenters. The molecule has 1 amide bonds. The van der Waals surface area contributed by atoms with Gasteiger partial charge in [0.25, 0.3) is 5.91 Å². The van der Waals surface area contributed by atoms with Gasteiger partial charge in [-0.25, -0.2) is 0 Å². The van der Waals surface area contributed by atoms with Crippen LogP contribution in [0, 0.1) is 0 Å². The topological polar surface area (TPSA) is 45.9 Å². The van der Waals surface area contributed by atoms with E-state index in [1.807, 2.05) is 30.0 Å². The minimum atomic E-state index is -0.0237. The van der Waals surface area contributed by atoms with Crippen LogP contribution in [0.2, 0.25) is 0 Å². The van der Waals surface area contributed by atoms with Crippen LogP contribution in [0.5, 0.6) is 5.75 Å². The first-order chi connectivity index (χ1) is 11.3. The second kappa shape index (κ2) is 7.33. The molecule has 5 heteroatoms. The molecular formula is C18H22N2O3. The van der Waals surface area contributed by atoms with E-state index in [1.54, 1.807) is 12.1 Å². The summed E-state index contributed by atoms with van der Waals surface area (Å²) in [4.78, 5) is 16.5. The number of nitrogens with zero attached hydrogens (tertiary/aromatic N) is 2. The normalized spacial score (nSPS) is 15.6. The molecule has 0 spiro atoms. The first kappa shape index (κ1) is 15.6. The van der Waals surface area contributed by atoms with Gasteiger partial charge in [-0.3, -0.25) is 9.69 Å². The predicted molar refractivity (Wildman–Crippen MR) is 87.5 cm³/mol. The van der Waals surface area contributed by atoms with E-state index in [0.717, 1.165) is 38.5 Å². The zero-order valence-electron chi connectivity index (χ0n) is 13.4. The Labute approximate surface area is 136 Å². The average molecular weight is 314 g/mol. The zero-order chi connectivity index (χ0) is 16.1. The SMILES string of the molecule is CCOc1ccccc1CN1CCN(C(=O)c2ccco2)CC1. The van der Waals surface area contributed by atoms with Gasteiger partial charge in [0.05, 0.1) is 12.9 Å². The number of hydrogen-bond donors (Lipinski definition) is 0. The van der Waals surface area contributed by atoms with Crippen molar-refractivity contribution in [1.82, 2.24) is 9.80 Å². The highest BCUT2D eigenvalue weighted by Gasteiger charge is 2.24. The van der Waals surface area contributed by atoms with Crippen molar-refractivity contribution < 1.29 is 13.9 Å². The summed E-state index contributed by atoms with van der Waals surface area (Å²) in [5.74, 6) is 1.34. The van der Waals surface area contributed by atoms with Crippen LogP contribution in [0.15, 0.2) is 47.1 Å². The largest absolute Gasteiger partial charge is 0.494 e. The molecule has 1 saturated heterocycles. The third kappa shape index (κ3) is 3.74. The Bertz CT molecular complexity index is 631. The quantitative estimate of drug-likeness (QED) is 0.851. The standard InChI is InChI=1S/C18H22N2O3/c1-2-22-16-7-4-3-6-15(16)14-19-9-11-20(12-10-19)18(21)17-8-5-13-23-17/h3-8,13H,2,9-12,14H2,1H3. The molecule has 0 bridgehead atoms. The van der Waals surface area contributed by atoms with Crippen molar-refractivity contribution in [2.75, 3.05) is 32.8 Å². The maximum Gasteiger partial charge on any atom is 0.289 e. The summed E-state index contributed by atoms with van der Waals surface area (Å²) >= 11 is 0. The third-order valence-corrected chi connectivity index (χ3v) is 4.06. The highest BCUT2D eigenvalue weighted by molar-refractivity contribution is 5.91. The number of carbonyl (C=O) groups excluding carboxylic acids is 1. The summed E-state index contributed by atoms with van der Waals surface area (Å²) in [6, 6.07) is 11.6. The summed E-state index contributed by atoms with van der Waals surface area (Å²) < 4.78 is 10.9. The zero-order valence-corrected chi connectivity index (χ0v) is 13.4. The fraction of sp³-hybridized carbons (Fsp3) is 0.389. The summed E-state index contributed by atoms with van der Waals surface area (Å²) in [5.41, 5.74) is 1.19. The van der Waals surface area contributed by atoms with Gasteiger partial charge in [0.1, 0.15) is 5.75 Å². The van der Waals surface area contributed by atoms with Crippen molar-refractivity contribution in [3.63, 3.8) is 0 Å². The number of ether oxygens (including phenoxy) is 1. The molecule has 1 aromatic heterocycles. The highest BCUT2D eigenvalue weighted by atomic mass is 16.5. The molecule has 2 heterocycles. The van der Waals surface area contributed by atoms with E-state index in [2.05, 4.69) is 11.0 Å². The van der Waals surface area contributed by atoms with Crippen LogP contribution in [0.1, 0.15) is 23.0 Å². The van der Waals surface area contributed by atoms with E-state index in [4.69, 9.17) is 9.15 Å². The molecule has 0 saturated carbocycles. The van der Waals surface area contributed by atoms with E-state index < -0.39 is 0 Å². The van der Waals surface area contributed by atoms with Gasteiger partial charge in [0, 0.05) is 38.3 Å². The lowest BCUT2D eigenvalue weighted by Gasteiger charge is -2.34. The Hall–Kier alpha value is -2.27. The van der Waals surface area contributed by atoms with Gasteiger partial charge >= 0.3 is 0 Å². The molecule has 3 rings (SSSR count). The number of rotatable bonds is 5. The van der Waals surface area contributed by atoms with Gasteiger partial charge in [-0.15, -0.1) is 0 Å². The molecule has 122 valence electrons. The molecular weight excluding hydrogens is 292 g/mol. The van der Waals surface area contributed by atoms with Gasteiger partial charge in [0.15, 0.2) is 5.76 Å². The number of benzene rings is 1. The summed E-state index contributed by atoms with van der Waals surface area (Å²) in [6.45, 7) is 6.66. The van der Waals surface area contributed by atoms with Crippen molar-refractivity contribution in [3.05, 3.63) is 54.0 Å². The van der Waals surface area contributed by atoms with E-state index in [1.165, 1.54) is 11.8 Å². The Morgan fingerprint density at radius 1 is 1.13 bits per heavy atom. The number of furan rings is 1. The number of amides is 1. The molecule has 5 nitrogen and oxygen atoms in total. The molecule has 0 radical (unpaired) electrons. The van der Waals surface area contributed by atoms with Crippen molar-refractivity contribution >= 4 is 5.91 Å². The fourth-order valence-corrected chi connectivity index (χ4v) is 2.84. The number of hydrogen-bond acceptors (Lipinski definition) is 4. The Morgan fingerprint density at radius 2 is 1.91 bits per heavy atom. The van der Waals surface area contributed by atoms with Gasteiger partial charge in [0.2, 0.25) is 0 Å².